The fourth-order valence-electron chi connectivity index (χ4n) is 4.71. The fourth-order valence-corrected chi connectivity index (χ4v) is 4.71. The molecule has 1 aliphatic carbocycles. The molecule has 3 heterocycles. The van der Waals surface area contributed by atoms with Gasteiger partial charge in [0.05, 0.1) is 13.2 Å². The van der Waals surface area contributed by atoms with Gasteiger partial charge >= 0.3 is 0 Å². The van der Waals surface area contributed by atoms with Crippen LogP contribution in [0.2, 0.25) is 0 Å². The van der Waals surface area contributed by atoms with Crippen molar-refractivity contribution in [2.24, 2.45) is 0 Å². The molecule has 3 fully saturated rings. The third kappa shape index (κ3) is 3.94. The van der Waals surface area contributed by atoms with Crippen LogP contribution in [-0.2, 0) is 20.8 Å². The second kappa shape index (κ2) is 8.59. The first-order valence-electron chi connectivity index (χ1n) is 11.3. The number of carbonyl (C=O) groups is 1. The summed E-state index contributed by atoms with van der Waals surface area (Å²) in [5.74, 6) is 2.83. The van der Waals surface area contributed by atoms with Gasteiger partial charge in [0.2, 0.25) is 5.91 Å². The minimum absolute atomic E-state index is 0.0479. The van der Waals surface area contributed by atoms with E-state index in [1.165, 1.54) is 0 Å². The van der Waals surface area contributed by atoms with Crippen LogP contribution in [0, 0.1) is 0 Å². The van der Waals surface area contributed by atoms with Crippen molar-refractivity contribution in [2.45, 2.75) is 63.3 Å². The quantitative estimate of drug-likeness (QED) is 0.707. The van der Waals surface area contributed by atoms with Gasteiger partial charge in [-0.3, -0.25) is 4.79 Å². The van der Waals surface area contributed by atoms with Crippen molar-refractivity contribution in [3.8, 4) is 5.75 Å². The lowest BCUT2D eigenvalue weighted by Crippen LogP contribution is -2.47. The van der Waals surface area contributed by atoms with E-state index < -0.39 is 0 Å². The van der Waals surface area contributed by atoms with E-state index in [4.69, 9.17) is 24.3 Å². The first kappa shape index (κ1) is 20.5. The van der Waals surface area contributed by atoms with Gasteiger partial charge in [-0.2, -0.15) is 5.10 Å². The molecule has 2 saturated heterocycles. The van der Waals surface area contributed by atoms with Crippen molar-refractivity contribution in [2.75, 3.05) is 26.9 Å². The Labute approximate surface area is 182 Å². The van der Waals surface area contributed by atoms with E-state index in [-0.39, 0.29) is 30.7 Å². The summed E-state index contributed by atoms with van der Waals surface area (Å²) in [6.45, 7) is 4.36. The van der Waals surface area contributed by atoms with E-state index in [1.54, 1.807) is 7.11 Å². The summed E-state index contributed by atoms with van der Waals surface area (Å²) >= 11 is 0. The first-order valence-corrected chi connectivity index (χ1v) is 11.3. The van der Waals surface area contributed by atoms with Crippen LogP contribution in [0.15, 0.2) is 24.3 Å². The lowest BCUT2D eigenvalue weighted by Gasteiger charge is -2.41. The van der Waals surface area contributed by atoms with E-state index in [9.17, 15) is 4.79 Å². The van der Waals surface area contributed by atoms with Gasteiger partial charge in [-0.15, -0.1) is 0 Å². The predicted molar refractivity (Wildman–Crippen MR) is 113 cm³/mol. The maximum atomic E-state index is 12.9. The minimum Gasteiger partial charge on any atom is -0.497 e. The molecule has 1 saturated carbocycles. The monoisotopic (exact) mass is 426 g/mol. The van der Waals surface area contributed by atoms with Gasteiger partial charge in [-0.1, -0.05) is 12.1 Å². The molecule has 0 radical (unpaired) electrons. The lowest BCUT2D eigenvalue weighted by molar-refractivity contribution is -0.160. The second-order valence-corrected chi connectivity index (χ2v) is 8.51. The molecule has 0 N–H and O–H groups in total. The minimum atomic E-state index is -0.354. The highest BCUT2D eigenvalue weighted by Crippen LogP contribution is 2.45. The Balaban J connectivity index is 1.53. The zero-order chi connectivity index (χ0) is 21.4. The van der Waals surface area contributed by atoms with Crippen molar-refractivity contribution in [1.82, 2.24) is 19.7 Å². The molecule has 2 aliphatic heterocycles. The van der Waals surface area contributed by atoms with E-state index >= 15 is 0 Å². The molecular weight excluding hydrogens is 396 g/mol. The summed E-state index contributed by atoms with van der Waals surface area (Å²) in [6, 6.07) is 7.98. The molecular formula is C23H30N4O4. The molecule has 31 heavy (non-hydrogen) atoms. The predicted octanol–water partition coefficient (Wildman–Crippen LogP) is 3.00. The van der Waals surface area contributed by atoms with E-state index in [1.807, 2.05) is 33.8 Å². The maximum Gasteiger partial charge on any atom is 0.249 e. The highest BCUT2D eigenvalue weighted by Gasteiger charge is 2.47. The van der Waals surface area contributed by atoms with Crippen molar-refractivity contribution < 1.29 is 19.0 Å². The number of nitrogens with zero attached hydrogens (tertiary/aromatic N) is 4. The number of hydrogen-bond donors (Lipinski definition) is 0. The number of carbonyl (C=O) groups excluding carboxylic acids is 1. The van der Waals surface area contributed by atoms with E-state index in [0.29, 0.717) is 12.5 Å². The van der Waals surface area contributed by atoms with Gasteiger partial charge in [0.25, 0.3) is 0 Å². The summed E-state index contributed by atoms with van der Waals surface area (Å²) in [6.07, 6.45) is 3.60. The summed E-state index contributed by atoms with van der Waals surface area (Å²) < 4.78 is 19.0. The Bertz CT molecular complexity index is 918. The maximum absolute atomic E-state index is 12.9. The number of aromatic nitrogens is 3. The molecule has 2 aromatic rings. The molecule has 166 valence electrons. The highest BCUT2D eigenvalue weighted by molar-refractivity contribution is 5.79. The Morgan fingerprint density at radius 3 is 2.52 bits per heavy atom. The average molecular weight is 427 g/mol. The van der Waals surface area contributed by atoms with Crippen LogP contribution >= 0.6 is 0 Å². The number of benzene rings is 1. The molecule has 1 amide bonds. The van der Waals surface area contributed by atoms with Crippen LogP contribution in [0.25, 0.3) is 0 Å². The van der Waals surface area contributed by atoms with Crippen molar-refractivity contribution >= 4 is 5.91 Å². The van der Waals surface area contributed by atoms with Crippen LogP contribution in [0.1, 0.15) is 67.9 Å². The van der Waals surface area contributed by atoms with Crippen LogP contribution in [-0.4, -0.2) is 58.5 Å². The van der Waals surface area contributed by atoms with Crippen molar-refractivity contribution in [3.63, 3.8) is 0 Å². The number of aryl methyl sites for hydroxylation is 1. The van der Waals surface area contributed by atoms with Crippen molar-refractivity contribution in [1.29, 1.82) is 0 Å². The number of rotatable bonds is 6. The number of amides is 1. The van der Waals surface area contributed by atoms with Gasteiger partial charge in [0.1, 0.15) is 18.5 Å². The molecule has 3 aliphatic rings. The molecule has 0 bridgehead atoms. The van der Waals surface area contributed by atoms with Crippen LogP contribution in [0.3, 0.4) is 0 Å². The molecule has 0 unspecified atom stereocenters. The zero-order valence-corrected chi connectivity index (χ0v) is 18.2. The Kier molecular flexibility index (Phi) is 5.67. The average Bonchev–Trinajstić information content (AvgIpc) is 3.57. The number of methoxy groups -OCH3 is 1. The number of morpholine rings is 1. The van der Waals surface area contributed by atoms with Crippen LogP contribution in [0.5, 0.6) is 5.75 Å². The van der Waals surface area contributed by atoms with Crippen LogP contribution in [0.4, 0.5) is 0 Å². The van der Waals surface area contributed by atoms with Gasteiger partial charge in [0.15, 0.2) is 11.6 Å². The zero-order valence-electron chi connectivity index (χ0n) is 18.2. The van der Waals surface area contributed by atoms with Gasteiger partial charge < -0.3 is 19.1 Å². The first-order chi connectivity index (χ1) is 15.2. The summed E-state index contributed by atoms with van der Waals surface area (Å²) in [4.78, 5) is 19.9. The Hall–Kier alpha value is -2.45. The molecule has 2 atom stereocenters. The van der Waals surface area contributed by atoms with Gasteiger partial charge in [-0.05, 0) is 50.3 Å². The van der Waals surface area contributed by atoms with Gasteiger partial charge in [0, 0.05) is 31.7 Å². The molecule has 1 aromatic heterocycles. The molecule has 8 nitrogen and oxygen atoms in total. The Morgan fingerprint density at radius 1 is 1.13 bits per heavy atom. The normalized spacial score (nSPS) is 25.1. The third-order valence-electron chi connectivity index (χ3n) is 6.52. The highest BCUT2D eigenvalue weighted by atomic mass is 16.5. The Morgan fingerprint density at radius 2 is 1.87 bits per heavy atom. The summed E-state index contributed by atoms with van der Waals surface area (Å²) in [5.41, 5.74) is 1.03. The number of hydrogen-bond acceptors (Lipinski definition) is 6. The molecule has 1 aromatic carbocycles. The molecule has 8 heteroatoms. The standard InChI is InChI=1S/C23H30N4O4/c1-3-26-23(24-22(25-26)16-10-12-30-13-11-16)21-20(15-4-8-18(29-2)9-5-15)27(17-6-7-17)19(28)14-31-21/h4-5,8-9,16-17,20-21H,3,6-7,10-14H2,1-2H3/t20-,21+/m1/s1. The van der Waals surface area contributed by atoms with Crippen molar-refractivity contribution in [3.05, 3.63) is 41.5 Å². The van der Waals surface area contributed by atoms with E-state index in [2.05, 4.69) is 6.92 Å². The van der Waals surface area contributed by atoms with Crippen LogP contribution < -0.4 is 4.74 Å². The third-order valence-corrected chi connectivity index (χ3v) is 6.52. The fraction of sp³-hybridized carbons (Fsp3) is 0.609. The second-order valence-electron chi connectivity index (χ2n) is 8.51. The van der Waals surface area contributed by atoms with E-state index in [0.717, 1.165) is 61.9 Å². The largest absolute Gasteiger partial charge is 0.497 e. The number of ether oxygens (including phenoxy) is 3. The summed E-state index contributed by atoms with van der Waals surface area (Å²) in [5, 5.41) is 4.83. The topological polar surface area (TPSA) is 78.7 Å². The summed E-state index contributed by atoms with van der Waals surface area (Å²) in [7, 11) is 1.66. The molecule has 0 spiro atoms. The molecule has 5 rings (SSSR count). The smallest absolute Gasteiger partial charge is 0.249 e. The SMILES string of the molecule is CCn1nc(C2CCOCC2)nc1[C@H]1OCC(=O)N(C2CC2)[C@@H]1c1ccc(OC)cc1. The van der Waals surface area contributed by atoms with Gasteiger partial charge in [-0.25, -0.2) is 9.67 Å². The lowest BCUT2D eigenvalue weighted by atomic mass is 9.96.